The molecular weight excluding hydrogens is 326 g/mol. The Bertz CT molecular complexity index is 614. The van der Waals surface area contributed by atoms with E-state index in [2.05, 4.69) is 31.1 Å². The Hall–Kier alpha value is -2.60. The van der Waals surface area contributed by atoms with E-state index in [0.29, 0.717) is 49.9 Å². The Morgan fingerprint density at radius 3 is 2.42 bits per heavy atom. The number of nitrogens with zero attached hydrogens (tertiary/aromatic N) is 4. The zero-order chi connectivity index (χ0) is 19.2. The molecule has 1 N–H and O–H groups in total. The number of nitrogens with one attached hydrogen (secondary N) is 1. The van der Waals surface area contributed by atoms with E-state index in [1.54, 1.807) is 6.07 Å². The molecule has 26 heavy (non-hydrogen) atoms. The fraction of sp³-hybridized carbons (Fsp3) is 0.600. The van der Waals surface area contributed by atoms with E-state index in [-0.39, 0.29) is 0 Å². The van der Waals surface area contributed by atoms with Crippen LogP contribution >= 0.6 is 0 Å². The highest BCUT2D eigenvalue weighted by atomic mass is 16.5. The molecule has 1 unspecified atom stereocenters. The van der Waals surface area contributed by atoms with Gasteiger partial charge in [-0.1, -0.05) is 33.1 Å². The molecule has 0 aromatic heterocycles. The highest BCUT2D eigenvalue weighted by molar-refractivity contribution is 5.61. The zero-order valence-electron chi connectivity index (χ0n) is 15.9. The van der Waals surface area contributed by atoms with Crippen molar-refractivity contribution in [1.29, 1.82) is 16.1 Å². The Balaban J connectivity index is 2.92. The molecule has 1 aromatic rings. The average molecular weight is 355 g/mol. The van der Waals surface area contributed by atoms with Crippen LogP contribution in [-0.4, -0.2) is 19.7 Å². The monoisotopic (exact) mass is 355 g/mol. The van der Waals surface area contributed by atoms with Crippen molar-refractivity contribution in [3.8, 4) is 17.9 Å². The second-order valence-corrected chi connectivity index (χ2v) is 6.29. The molecule has 0 aliphatic heterocycles. The van der Waals surface area contributed by atoms with Crippen LogP contribution in [0.2, 0.25) is 0 Å². The summed E-state index contributed by atoms with van der Waals surface area (Å²) in [5.41, 5.74) is 8.76. The highest BCUT2D eigenvalue weighted by Gasteiger charge is 2.13. The number of hydrogen-bond acceptors (Lipinski definition) is 6. The lowest BCUT2D eigenvalue weighted by atomic mass is 10.0. The Kier molecular flexibility index (Phi) is 10.5. The second kappa shape index (κ2) is 12.7. The summed E-state index contributed by atoms with van der Waals surface area (Å²) in [4.78, 5) is 2.00. The molecule has 1 rings (SSSR count). The van der Waals surface area contributed by atoms with Crippen LogP contribution in [0, 0.1) is 34.1 Å². The van der Waals surface area contributed by atoms with Crippen LogP contribution in [-0.2, 0) is 0 Å². The van der Waals surface area contributed by atoms with Gasteiger partial charge in [0.15, 0.2) is 0 Å². The molecule has 6 nitrogen and oxygen atoms in total. The van der Waals surface area contributed by atoms with Gasteiger partial charge in [-0.25, -0.2) is 5.53 Å². The van der Waals surface area contributed by atoms with E-state index in [1.807, 2.05) is 17.0 Å². The summed E-state index contributed by atoms with van der Waals surface area (Å²) >= 11 is 0. The Labute approximate surface area is 156 Å². The maximum absolute atomic E-state index is 8.86. The molecule has 1 atom stereocenters. The molecule has 6 heteroatoms. The maximum Gasteiger partial charge on any atom is 0.148 e. The number of nitriles is 2. The third-order valence-corrected chi connectivity index (χ3v) is 4.43. The summed E-state index contributed by atoms with van der Waals surface area (Å²) in [5, 5.41) is 21.3. The first-order valence-corrected chi connectivity index (χ1v) is 9.33. The predicted octanol–water partition coefficient (Wildman–Crippen LogP) is 5.58. The number of ether oxygens (including phenoxy) is 1. The molecule has 0 spiro atoms. The van der Waals surface area contributed by atoms with Crippen molar-refractivity contribution in [2.24, 2.45) is 11.0 Å². The van der Waals surface area contributed by atoms with E-state index in [9.17, 15) is 0 Å². The minimum absolute atomic E-state index is 0.390. The SMILES string of the molecule is CCCCC(CC)COc1cc(N(CCC#N)CCC#N)ccc1N=N. The molecular formula is C20H29N5O. The van der Waals surface area contributed by atoms with E-state index in [1.165, 1.54) is 12.8 Å². The normalized spacial score (nSPS) is 11.2. The van der Waals surface area contributed by atoms with Gasteiger partial charge in [-0.15, -0.1) is 0 Å². The first kappa shape index (κ1) is 21.4. The van der Waals surface area contributed by atoms with Gasteiger partial charge in [0.25, 0.3) is 0 Å². The van der Waals surface area contributed by atoms with Crippen molar-refractivity contribution < 1.29 is 4.74 Å². The van der Waals surface area contributed by atoms with Gasteiger partial charge in [0.05, 0.1) is 31.6 Å². The lowest BCUT2D eigenvalue weighted by Crippen LogP contribution is -2.25. The second-order valence-electron chi connectivity index (χ2n) is 6.29. The van der Waals surface area contributed by atoms with Gasteiger partial charge < -0.3 is 9.64 Å². The van der Waals surface area contributed by atoms with Crippen LogP contribution in [0.4, 0.5) is 11.4 Å². The largest absolute Gasteiger partial charge is 0.491 e. The molecule has 0 amide bonds. The summed E-state index contributed by atoms with van der Waals surface area (Å²) in [5.74, 6) is 1.08. The third-order valence-electron chi connectivity index (χ3n) is 4.43. The van der Waals surface area contributed by atoms with Crippen LogP contribution in [0.15, 0.2) is 23.3 Å². The number of benzene rings is 1. The van der Waals surface area contributed by atoms with Crippen LogP contribution in [0.25, 0.3) is 0 Å². The minimum atomic E-state index is 0.390. The lowest BCUT2D eigenvalue weighted by molar-refractivity contribution is 0.234. The quantitative estimate of drug-likeness (QED) is 0.467. The number of anilines is 1. The summed E-state index contributed by atoms with van der Waals surface area (Å²) in [6.07, 6.45) is 5.34. The standard InChI is InChI=1S/C20H29N5O/c1-3-5-8-17(4-2)16-26-20-15-18(9-10-19(20)24-23)25(13-6-11-21)14-7-12-22/h9-10,15,17,23H,3-8,13-14,16H2,1-2H3. The smallest absolute Gasteiger partial charge is 0.148 e. The van der Waals surface area contributed by atoms with E-state index < -0.39 is 0 Å². The first-order valence-electron chi connectivity index (χ1n) is 9.33. The molecule has 1 aromatic carbocycles. The van der Waals surface area contributed by atoms with E-state index in [0.717, 1.165) is 18.5 Å². The predicted molar refractivity (Wildman–Crippen MR) is 103 cm³/mol. The first-order chi connectivity index (χ1) is 12.7. The van der Waals surface area contributed by atoms with Gasteiger partial charge in [-0.3, -0.25) is 0 Å². The zero-order valence-corrected chi connectivity index (χ0v) is 15.9. The maximum atomic E-state index is 8.86. The van der Waals surface area contributed by atoms with Gasteiger partial charge in [-0.05, 0) is 24.5 Å². The molecule has 0 bridgehead atoms. The van der Waals surface area contributed by atoms with Crippen molar-refractivity contribution in [1.82, 2.24) is 0 Å². The third kappa shape index (κ3) is 7.11. The topological polar surface area (TPSA) is 96.3 Å². The number of hydrogen-bond donors (Lipinski definition) is 1. The van der Waals surface area contributed by atoms with Gasteiger partial charge >= 0.3 is 0 Å². The van der Waals surface area contributed by atoms with Crippen LogP contribution in [0.5, 0.6) is 5.75 Å². The van der Waals surface area contributed by atoms with Gasteiger partial charge in [-0.2, -0.15) is 15.6 Å². The van der Waals surface area contributed by atoms with Crippen molar-refractivity contribution in [2.45, 2.75) is 52.4 Å². The van der Waals surface area contributed by atoms with Gasteiger partial charge in [0.1, 0.15) is 11.4 Å². The molecule has 0 heterocycles. The lowest BCUT2D eigenvalue weighted by Gasteiger charge is -2.24. The fourth-order valence-corrected chi connectivity index (χ4v) is 2.75. The summed E-state index contributed by atoms with van der Waals surface area (Å²) in [7, 11) is 0. The molecule has 0 aliphatic rings. The summed E-state index contributed by atoms with van der Waals surface area (Å²) < 4.78 is 6.01. The van der Waals surface area contributed by atoms with E-state index in [4.69, 9.17) is 20.8 Å². The van der Waals surface area contributed by atoms with Crippen molar-refractivity contribution in [2.75, 3.05) is 24.6 Å². The van der Waals surface area contributed by atoms with E-state index >= 15 is 0 Å². The van der Waals surface area contributed by atoms with Crippen molar-refractivity contribution >= 4 is 11.4 Å². The molecule has 0 saturated heterocycles. The number of rotatable bonds is 13. The molecule has 0 aliphatic carbocycles. The van der Waals surface area contributed by atoms with Gasteiger partial charge in [0.2, 0.25) is 0 Å². The average Bonchev–Trinajstić information content (AvgIpc) is 2.68. The fourth-order valence-electron chi connectivity index (χ4n) is 2.75. The minimum Gasteiger partial charge on any atom is -0.491 e. The van der Waals surface area contributed by atoms with Crippen molar-refractivity contribution in [3.63, 3.8) is 0 Å². The summed E-state index contributed by atoms with van der Waals surface area (Å²) in [6, 6.07) is 9.78. The van der Waals surface area contributed by atoms with Crippen LogP contribution in [0.3, 0.4) is 0 Å². The molecule has 140 valence electrons. The van der Waals surface area contributed by atoms with Gasteiger partial charge in [0, 0.05) is 24.8 Å². The number of unbranched alkanes of at least 4 members (excludes halogenated alkanes) is 1. The summed E-state index contributed by atoms with van der Waals surface area (Å²) in [6.45, 7) is 6.08. The van der Waals surface area contributed by atoms with Crippen LogP contribution < -0.4 is 9.64 Å². The van der Waals surface area contributed by atoms with Crippen molar-refractivity contribution in [3.05, 3.63) is 18.2 Å². The van der Waals surface area contributed by atoms with Crippen LogP contribution in [0.1, 0.15) is 52.4 Å². The Morgan fingerprint density at radius 2 is 1.88 bits per heavy atom. The highest BCUT2D eigenvalue weighted by Crippen LogP contribution is 2.33. The molecule has 0 radical (unpaired) electrons. The molecule has 0 fully saturated rings. The Morgan fingerprint density at radius 1 is 1.19 bits per heavy atom. The molecule has 0 saturated carbocycles.